The van der Waals surface area contributed by atoms with Crippen molar-refractivity contribution in [3.05, 3.63) is 291 Å². The Labute approximate surface area is 405 Å². The third-order valence-corrected chi connectivity index (χ3v) is 18.6. The predicted octanol–water partition coefficient (Wildman–Crippen LogP) is 14.6. The number of hydrogen-bond acceptors (Lipinski definition) is 1. The molecule has 0 spiro atoms. The smallest absolute Gasteiger partial charge is 0.179 e. The minimum atomic E-state index is -2.71. The van der Waals surface area contributed by atoms with Gasteiger partial charge in [-0.2, -0.15) is 0 Å². The molecule has 0 amide bonds. The SMILES string of the molecule is c1ccc(-c2ccc(-c3ccc(N(c4ccc(-c5ccc6c7ccccc7n(-c7ccccc7)c6c5)cc4)c4ccc([Si](c5ccccc5)(c5ccccc5)c5ccccc5)cc4)cc3)cc2)cc1. The van der Waals surface area contributed by atoms with E-state index in [1.807, 2.05) is 0 Å². The van der Waals surface area contributed by atoms with Gasteiger partial charge < -0.3 is 9.47 Å². The molecule has 69 heavy (non-hydrogen) atoms. The van der Waals surface area contributed by atoms with E-state index >= 15 is 0 Å². The van der Waals surface area contributed by atoms with Crippen LogP contribution in [0.3, 0.4) is 0 Å². The van der Waals surface area contributed by atoms with E-state index in [-0.39, 0.29) is 0 Å². The molecule has 0 saturated heterocycles. The number of para-hydroxylation sites is 2. The Kier molecular flexibility index (Phi) is 11.0. The van der Waals surface area contributed by atoms with Crippen LogP contribution >= 0.6 is 0 Å². The zero-order valence-corrected chi connectivity index (χ0v) is 39.1. The summed E-state index contributed by atoms with van der Waals surface area (Å²) in [5.41, 5.74) is 14.0. The maximum absolute atomic E-state index is 2.71. The van der Waals surface area contributed by atoms with Crippen LogP contribution in [0.15, 0.2) is 291 Å². The first-order valence-corrected chi connectivity index (χ1v) is 25.7. The first kappa shape index (κ1) is 41.7. The standard InChI is InChI=1S/C66H48N2Si/c1-6-18-49(19-7-1)50-30-32-51(33-31-50)52-34-39-56(40-35-52)67(58-43-45-62(46-44-58)69(59-22-10-3-11-23-59,60-24-12-4-13-25-60)61-26-14-5-15-27-61)57-41-36-53(37-42-57)54-38-47-64-63-28-16-17-29-65(63)68(66(64)48-54)55-20-8-2-9-21-55/h1-48H. The van der Waals surface area contributed by atoms with Crippen molar-refractivity contribution in [2.45, 2.75) is 0 Å². The fourth-order valence-corrected chi connectivity index (χ4v) is 15.2. The highest BCUT2D eigenvalue weighted by atomic mass is 28.3. The van der Waals surface area contributed by atoms with Gasteiger partial charge in [0.25, 0.3) is 0 Å². The van der Waals surface area contributed by atoms with Crippen molar-refractivity contribution in [2.75, 3.05) is 4.90 Å². The molecule has 12 aromatic rings. The van der Waals surface area contributed by atoms with Crippen molar-refractivity contribution in [1.29, 1.82) is 0 Å². The van der Waals surface area contributed by atoms with Crippen molar-refractivity contribution in [1.82, 2.24) is 4.57 Å². The molecule has 1 aromatic heterocycles. The van der Waals surface area contributed by atoms with Gasteiger partial charge in [0.05, 0.1) is 11.0 Å². The maximum Gasteiger partial charge on any atom is 0.179 e. The molecule has 326 valence electrons. The highest BCUT2D eigenvalue weighted by molar-refractivity contribution is 7.19. The summed E-state index contributed by atoms with van der Waals surface area (Å²) < 4.78 is 2.39. The molecule has 0 saturated carbocycles. The third kappa shape index (κ3) is 7.65. The van der Waals surface area contributed by atoms with Gasteiger partial charge in [-0.3, -0.25) is 0 Å². The van der Waals surface area contributed by atoms with E-state index in [1.54, 1.807) is 0 Å². The Bertz CT molecular complexity index is 3550. The lowest BCUT2D eigenvalue weighted by atomic mass is 10.00. The summed E-state index contributed by atoms with van der Waals surface area (Å²) in [7, 11) is -2.71. The van der Waals surface area contributed by atoms with Crippen LogP contribution in [-0.4, -0.2) is 12.6 Å². The van der Waals surface area contributed by atoms with Crippen molar-refractivity contribution >= 4 is 67.7 Å². The summed E-state index contributed by atoms with van der Waals surface area (Å²) in [6.07, 6.45) is 0. The van der Waals surface area contributed by atoms with E-state index in [4.69, 9.17) is 0 Å². The number of fused-ring (bicyclic) bond motifs is 3. The van der Waals surface area contributed by atoms with Crippen LogP contribution in [0.2, 0.25) is 0 Å². The Hall–Kier alpha value is -8.76. The number of aromatic nitrogens is 1. The Morgan fingerprint density at radius 1 is 0.246 bits per heavy atom. The summed E-state index contributed by atoms with van der Waals surface area (Å²) >= 11 is 0. The van der Waals surface area contributed by atoms with Crippen LogP contribution in [0.1, 0.15) is 0 Å². The zero-order chi connectivity index (χ0) is 46.0. The van der Waals surface area contributed by atoms with Crippen molar-refractivity contribution in [3.63, 3.8) is 0 Å². The molecular weight excluding hydrogens is 849 g/mol. The molecule has 0 aliphatic heterocycles. The van der Waals surface area contributed by atoms with Gasteiger partial charge in [0.1, 0.15) is 0 Å². The number of rotatable bonds is 11. The van der Waals surface area contributed by atoms with Gasteiger partial charge in [-0.15, -0.1) is 0 Å². The molecule has 3 heteroatoms. The molecule has 0 bridgehead atoms. The summed E-state index contributed by atoms with van der Waals surface area (Å²) in [4.78, 5) is 2.39. The van der Waals surface area contributed by atoms with E-state index in [0.29, 0.717) is 0 Å². The highest BCUT2D eigenvalue weighted by Crippen LogP contribution is 2.39. The van der Waals surface area contributed by atoms with Gasteiger partial charge in [-0.1, -0.05) is 231 Å². The number of hydrogen-bond donors (Lipinski definition) is 0. The number of benzene rings is 11. The van der Waals surface area contributed by atoms with Crippen LogP contribution in [0.5, 0.6) is 0 Å². The average molecular weight is 897 g/mol. The minimum Gasteiger partial charge on any atom is -0.311 e. The van der Waals surface area contributed by atoms with Gasteiger partial charge in [-0.25, -0.2) is 0 Å². The average Bonchev–Trinajstić information content (AvgIpc) is 3.77. The highest BCUT2D eigenvalue weighted by Gasteiger charge is 2.41. The molecule has 0 N–H and O–H groups in total. The molecule has 0 aliphatic carbocycles. The second-order valence-electron chi connectivity index (χ2n) is 17.7. The van der Waals surface area contributed by atoms with Crippen LogP contribution in [0.4, 0.5) is 17.1 Å². The van der Waals surface area contributed by atoms with Gasteiger partial charge in [0.15, 0.2) is 8.07 Å². The largest absolute Gasteiger partial charge is 0.311 e. The second kappa shape index (κ2) is 18.1. The lowest BCUT2D eigenvalue weighted by Gasteiger charge is -2.35. The minimum absolute atomic E-state index is 1.09. The van der Waals surface area contributed by atoms with E-state index in [9.17, 15) is 0 Å². The van der Waals surface area contributed by atoms with Gasteiger partial charge in [0.2, 0.25) is 0 Å². The summed E-state index contributed by atoms with van der Waals surface area (Å²) in [6.45, 7) is 0. The number of anilines is 3. The quantitative estimate of drug-likeness (QED) is 0.0928. The maximum atomic E-state index is 2.39. The summed E-state index contributed by atoms with van der Waals surface area (Å²) in [5.74, 6) is 0. The monoisotopic (exact) mass is 896 g/mol. The van der Waals surface area contributed by atoms with E-state index in [2.05, 4.69) is 301 Å². The second-order valence-corrected chi connectivity index (χ2v) is 21.5. The zero-order valence-electron chi connectivity index (χ0n) is 38.1. The molecule has 0 unspecified atom stereocenters. The van der Waals surface area contributed by atoms with Crippen LogP contribution in [-0.2, 0) is 0 Å². The van der Waals surface area contributed by atoms with Crippen LogP contribution < -0.4 is 25.6 Å². The lowest BCUT2D eigenvalue weighted by molar-refractivity contribution is 1.18. The summed E-state index contributed by atoms with van der Waals surface area (Å²) in [6, 6.07) is 107. The molecule has 0 aliphatic rings. The first-order chi connectivity index (χ1) is 34.2. The Balaban J connectivity index is 0.959. The molecule has 11 aromatic carbocycles. The Morgan fingerprint density at radius 2 is 0.580 bits per heavy atom. The van der Waals surface area contributed by atoms with Crippen molar-refractivity contribution < 1.29 is 0 Å². The molecular formula is C66H48N2Si. The van der Waals surface area contributed by atoms with E-state index in [1.165, 1.54) is 75.9 Å². The molecule has 0 atom stereocenters. The summed E-state index contributed by atoms with van der Waals surface area (Å²) in [5, 5.41) is 7.92. The van der Waals surface area contributed by atoms with Crippen LogP contribution in [0, 0.1) is 0 Å². The van der Waals surface area contributed by atoms with Gasteiger partial charge >= 0.3 is 0 Å². The Morgan fingerprint density at radius 3 is 1.07 bits per heavy atom. The molecule has 1 heterocycles. The molecule has 12 rings (SSSR count). The van der Waals surface area contributed by atoms with Gasteiger partial charge in [-0.05, 0) is 115 Å². The fraction of sp³-hybridized carbons (Fsp3) is 0. The fourth-order valence-electron chi connectivity index (χ4n) is 10.5. The lowest BCUT2D eigenvalue weighted by Crippen LogP contribution is -2.74. The first-order valence-electron chi connectivity index (χ1n) is 23.7. The van der Waals surface area contributed by atoms with E-state index < -0.39 is 8.07 Å². The third-order valence-electron chi connectivity index (χ3n) is 13.8. The van der Waals surface area contributed by atoms with Crippen LogP contribution in [0.25, 0.3) is 60.9 Å². The molecule has 2 nitrogen and oxygen atoms in total. The molecule has 0 radical (unpaired) electrons. The van der Waals surface area contributed by atoms with Crippen molar-refractivity contribution in [2.24, 2.45) is 0 Å². The van der Waals surface area contributed by atoms with E-state index in [0.717, 1.165) is 22.7 Å². The van der Waals surface area contributed by atoms with Gasteiger partial charge in [0, 0.05) is 33.5 Å². The normalized spacial score (nSPS) is 11.5. The number of nitrogens with zero attached hydrogens (tertiary/aromatic N) is 2. The predicted molar refractivity (Wildman–Crippen MR) is 295 cm³/mol. The topological polar surface area (TPSA) is 8.17 Å². The van der Waals surface area contributed by atoms with Crippen molar-refractivity contribution in [3.8, 4) is 39.1 Å². The molecule has 0 fully saturated rings.